The largest absolute Gasteiger partial charge is 0.508 e. The number of carbonyl (C=O) groups excluding carboxylic acids is 1. The Bertz CT molecular complexity index is 485. The zero-order valence-corrected chi connectivity index (χ0v) is 11.0. The topological polar surface area (TPSA) is 87.1 Å². The van der Waals surface area contributed by atoms with E-state index < -0.39 is 12.0 Å². The van der Waals surface area contributed by atoms with Crippen molar-refractivity contribution in [1.82, 2.24) is 4.90 Å². The van der Waals surface area contributed by atoms with Crippen molar-refractivity contribution in [3.05, 3.63) is 24.3 Å². The first-order chi connectivity index (χ1) is 9.58. The van der Waals surface area contributed by atoms with Gasteiger partial charge in [0.15, 0.2) is 6.61 Å². The Morgan fingerprint density at radius 1 is 1.25 bits per heavy atom. The van der Waals surface area contributed by atoms with Gasteiger partial charge in [0.1, 0.15) is 17.5 Å². The van der Waals surface area contributed by atoms with E-state index in [1.165, 1.54) is 17.0 Å². The van der Waals surface area contributed by atoms with Crippen LogP contribution in [0.2, 0.25) is 0 Å². The normalized spacial score (nSPS) is 18.6. The van der Waals surface area contributed by atoms with Crippen LogP contribution >= 0.6 is 0 Å². The number of phenolic OH excluding ortho intramolecular Hbond substituents is 1. The van der Waals surface area contributed by atoms with Crippen LogP contribution in [0, 0.1) is 0 Å². The molecule has 1 unspecified atom stereocenters. The highest BCUT2D eigenvalue weighted by molar-refractivity contribution is 5.84. The van der Waals surface area contributed by atoms with E-state index in [0.29, 0.717) is 18.7 Å². The minimum atomic E-state index is -0.970. The number of piperidine rings is 1. The van der Waals surface area contributed by atoms with Crippen molar-refractivity contribution in [3.8, 4) is 11.5 Å². The molecular weight excluding hydrogens is 262 g/mol. The lowest BCUT2D eigenvalue weighted by atomic mass is 10.0. The molecule has 0 bridgehead atoms. The Labute approximate surface area is 116 Å². The van der Waals surface area contributed by atoms with Crippen molar-refractivity contribution in [2.45, 2.75) is 25.3 Å². The number of ether oxygens (including phenoxy) is 1. The lowest BCUT2D eigenvalue weighted by Crippen LogP contribution is -2.49. The summed E-state index contributed by atoms with van der Waals surface area (Å²) >= 11 is 0. The van der Waals surface area contributed by atoms with E-state index in [2.05, 4.69) is 0 Å². The van der Waals surface area contributed by atoms with E-state index in [4.69, 9.17) is 14.9 Å². The molecule has 1 aliphatic rings. The standard InChI is InChI=1S/C14H17NO5/c16-10-4-6-11(7-5-10)20-9-13(17)15-8-2-1-3-12(15)14(18)19/h4-7,12,16H,1-3,8-9H2,(H,18,19). The molecule has 0 aromatic heterocycles. The first-order valence-electron chi connectivity index (χ1n) is 6.52. The fourth-order valence-corrected chi connectivity index (χ4v) is 2.26. The van der Waals surface area contributed by atoms with Crippen molar-refractivity contribution < 1.29 is 24.5 Å². The number of aliphatic carboxylic acids is 1. The van der Waals surface area contributed by atoms with E-state index in [-0.39, 0.29) is 18.3 Å². The minimum Gasteiger partial charge on any atom is -0.508 e. The fraction of sp³-hybridized carbons (Fsp3) is 0.429. The first-order valence-corrected chi connectivity index (χ1v) is 6.52. The SMILES string of the molecule is O=C(O)C1CCCCN1C(=O)COc1ccc(O)cc1. The molecular formula is C14H17NO5. The highest BCUT2D eigenvalue weighted by atomic mass is 16.5. The van der Waals surface area contributed by atoms with Crippen LogP contribution in [-0.4, -0.2) is 46.2 Å². The summed E-state index contributed by atoms with van der Waals surface area (Å²) in [7, 11) is 0. The number of phenols is 1. The Morgan fingerprint density at radius 2 is 1.95 bits per heavy atom. The van der Waals surface area contributed by atoms with E-state index >= 15 is 0 Å². The molecule has 1 aromatic rings. The molecule has 0 spiro atoms. The zero-order valence-electron chi connectivity index (χ0n) is 11.0. The predicted molar refractivity (Wildman–Crippen MR) is 70.6 cm³/mol. The maximum atomic E-state index is 12.0. The van der Waals surface area contributed by atoms with Gasteiger partial charge in [-0.2, -0.15) is 0 Å². The van der Waals surface area contributed by atoms with Gasteiger partial charge in [0, 0.05) is 6.54 Å². The molecule has 0 saturated carbocycles. The third-order valence-corrected chi connectivity index (χ3v) is 3.31. The van der Waals surface area contributed by atoms with Crippen LogP contribution in [0.3, 0.4) is 0 Å². The number of carbonyl (C=O) groups is 2. The van der Waals surface area contributed by atoms with E-state index in [1.807, 2.05) is 0 Å². The molecule has 0 radical (unpaired) electrons. The maximum Gasteiger partial charge on any atom is 0.326 e. The molecule has 1 heterocycles. The molecule has 108 valence electrons. The molecule has 1 fully saturated rings. The monoisotopic (exact) mass is 279 g/mol. The molecule has 20 heavy (non-hydrogen) atoms. The number of benzene rings is 1. The summed E-state index contributed by atoms with van der Waals surface area (Å²) < 4.78 is 5.31. The van der Waals surface area contributed by atoms with E-state index in [1.54, 1.807) is 12.1 Å². The minimum absolute atomic E-state index is 0.116. The smallest absolute Gasteiger partial charge is 0.326 e. The number of aromatic hydroxyl groups is 1. The predicted octanol–water partition coefficient (Wildman–Crippen LogP) is 1.24. The average molecular weight is 279 g/mol. The Balaban J connectivity index is 1.93. The summed E-state index contributed by atoms with van der Waals surface area (Å²) in [5.41, 5.74) is 0. The van der Waals surface area contributed by atoms with Crippen molar-refractivity contribution in [2.24, 2.45) is 0 Å². The molecule has 0 aliphatic carbocycles. The molecule has 1 atom stereocenters. The molecule has 6 heteroatoms. The summed E-state index contributed by atoms with van der Waals surface area (Å²) in [4.78, 5) is 24.5. The number of likely N-dealkylation sites (tertiary alicyclic amines) is 1. The van der Waals surface area contributed by atoms with Gasteiger partial charge in [-0.05, 0) is 43.5 Å². The molecule has 1 aliphatic heterocycles. The summed E-state index contributed by atoms with van der Waals surface area (Å²) in [5.74, 6) is -0.724. The number of hydrogen-bond donors (Lipinski definition) is 2. The second-order valence-electron chi connectivity index (χ2n) is 4.72. The highest BCUT2D eigenvalue weighted by Crippen LogP contribution is 2.19. The van der Waals surface area contributed by atoms with Crippen LogP contribution in [0.4, 0.5) is 0 Å². The second kappa shape index (κ2) is 6.27. The van der Waals surface area contributed by atoms with Crippen LogP contribution in [0.1, 0.15) is 19.3 Å². The van der Waals surface area contributed by atoms with Crippen molar-refractivity contribution in [1.29, 1.82) is 0 Å². The van der Waals surface area contributed by atoms with Crippen molar-refractivity contribution in [3.63, 3.8) is 0 Å². The van der Waals surface area contributed by atoms with Crippen LogP contribution in [-0.2, 0) is 9.59 Å². The molecule has 2 rings (SSSR count). The number of carboxylic acids is 1. The molecule has 1 amide bonds. The number of rotatable bonds is 4. The van der Waals surface area contributed by atoms with Gasteiger partial charge in [-0.1, -0.05) is 0 Å². The maximum absolute atomic E-state index is 12.0. The van der Waals surface area contributed by atoms with Gasteiger partial charge in [0.05, 0.1) is 0 Å². The van der Waals surface area contributed by atoms with E-state index in [9.17, 15) is 9.59 Å². The van der Waals surface area contributed by atoms with Gasteiger partial charge >= 0.3 is 5.97 Å². The van der Waals surface area contributed by atoms with Gasteiger partial charge in [0.2, 0.25) is 0 Å². The second-order valence-corrected chi connectivity index (χ2v) is 4.72. The van der Waals surface area contributed by atoms with Crippen molar-refractivity contribution >= 4 is 11.9 Å². The van der Waals surface area contributed by atoms with Crippen LogP contribution in [0.15, 0.2) is 24.3 Å². The average Bonchev–Trinajstić information content (AvgIpc) is 2.46. The lowest BCUT2D eigenvalue weighted by Gasteiger charge is -2.32. The first kappa shape index (κ1) is 14.2. The molecule has 1 saturated heterocycles. The van der Waals surface area contributed by atoms with Crippen LogP contribution < -0.4 is 4.74 Å². The number of carboxylic acid groups (broad SMARTS) is 1. The summed E-state index contributed by atoms with van der Waals surface area (Å²) in [6.07, 6.45) is 2.12. The van der Waals surface area contributed by atoms with E-state index in [0.717, 1.165) is 12.8 Å². The zero-order chi connectivity index (χ0) is 14.5. The summed E-state index contributed by atoms with van der Waals surface area (Å²) in [5, 5.41) is 18.2. The molecule has 2 N–H and O–H groups in total. The fourth-order valence-electron chi connectivity index (χ4n) is 2.26. The third kappa shape index (κ3) is 3.40. The highest BCUT2D eigenvalue weighted by Gasteiger charge is 2.31. The number of amides is 1. The Hall–Kier alpha value is -2.24. The van der Waals surface area contributed by atoms with Gasteiger partial charge in [-0.3, -0.25) is 4.79 Å². The number of hydrogen-bond acceptors (Lipinski definition) is 4. The Kier molecular flexibility index (Phi) is 4.45. The van der Waals surface area contributed by atoms with Gasteiger partial charge in [-0.25, -0.2) is 4.79 Å². The summed E-state index contributed by atoms with van der Waals surface area (Å²) in [6.45, 7) is 0.253. The number of nitrogens with zero attached hydrogens (tertiary/aromatic N) is 1. The molecule has 1 aromatic carbocycles. The van der Waals surface area contributed by atoms with Crippen LogP contribution in [0.25, 0.3) is 0 Å². The van der Waals surface area contributed by atoms with Crippen molar-refractivity contribution in [2.75, 3.05) is 13.2 Å². The third-order valence-electron chi connectivity index (χ3n) is 3.31. The Morgan fingerprint density at radius 3 is 2.60 bits per heavy atom. The molecule has 6 nitrogen and oxygen atoms in total. The lowest BCUT2D eigenvalue weighted by molar-refractivity contribution is -0.152. The van der Waals surface area contributed by atoms with Gasteiger partial charge < -0.3 is 19.8 Å². The van der Waals surface area contributed by atoms with Gasteiger partial charge in [-0.15, -0.1) is 0 Å². The van der Waals surface area contributed by atoms with Crippen LogP contribution in [0.5, 0.6) is 11.5 Å². The quantitative estimate of drug-likeness (QED) is 0.865. The van der Waals surface area contributed by atoms with Gasteiger partial charge in [0.25, 0.3) is 5.91 Å². The summed E-state index contributed by atoms with van der Waals surface area (Å²) in [6, 6.07) is 5.27.